The Morgan fingerprint density at radius 2 is 1.76 bits per heavy atom. The van der Waals surface area contributed by atoms with Crippen molar-refractivity contribution in [2.45, 2.75) is 6.92 Å². The molecule has 5 heteroatoms. The zero-order chi connectivity index (χ0) is 12.8. The second-order valence-electron chi connectivity index (χ2n) is 3.13. The molecule has 1 rings (SSSR count). The van der Waals surface area contributed by atoms with Gasteiger partial charge in [-0.05, 0) is 19.1 Å². The largest absolute Gasteiger partial charge is 0.496 e. The fourth-order valence-corrected chi connectivity index (χ4v) is 1.39. The molecule has 0 heterocycles. The van der Waals surface area contributed by atoms with Crippen LogP contribution in [0.3, 0.4) is 0 Å². The quantitative estimate of drug-likeness (QED) is 0.577. The molecule has 0 amide bonds. The van der Waals surface area contributed by atoms with Crippen molar-refractivity contribution in [3.63, 3.8) is 0 Å². The molecule has 1 aromatic rings. The first-order chi connectivity index (χ1) is 8.17. The SMILES string of the molecule is CCOC(=O)c1cc(OC)c(C=O)c(OC)c1. The first kappa shape index (κ1) is 13.0. The summed E-state index contributed by atoms with van der Waals surface area (Å²) in [7, 11) is 2.83. The van der Waals surface area contributed by atoms with E-state index in [1.165, 1.54) is 26.4 Å². The van der Waals surface area contributed by atoms with Crippen molar-refractivity contribution in [3.8, 4) is 11.5 Å². The molecule has 0 bridgehead atoms. The highest BCUT2D eigenvalue weighted by molar-refractivity contribution is 5.93. The Kier molecular flexibility index (Phi) is 4.51. The minimum Gasteiger partial charge on any atom is -0.496 e. The van der Waals surface area contributed by atoms with Crippen LogP contribution in [0.25, 0.3) is 0 Å². The smallest absolute Gasteiger partial charge is 0.338 e. The van der Waals surface area contributed by atoms with Gasteiger partial charge in [0.1, 0.15) is 11.5 Å². The molecule has 0 aliphatic carbocycles. The minimum atomic E-state index is -0.485. The van der Waals surface area contributed by atoms with E-state index in [-0.39, 0.29) is 29.2 Å². The van der Waals surface area contributed by atoms with Crippen molar-refractivity contribution < 1.29 is 23.8 Å². The minimum absolute atomic E-state index is 0.267. The Labute approximate surface area is 99.3 Å². The fourth-order valence-electron chi connectivity index (χ4n) is 1.39. The first-order valence-electron chi connectivity index (χ1n) is 5.06. The van der Waals surface area contributed by atoms with Gasteiger partial charge in [0.15, 0.2) is 6.29 Å². The molecule has 0 N–H and O–H groups in total. The number of ether oxygens (including phenoxy) is 3. The van der Waals surface area contributed by atoms with Crippen LogP contribution in [0.4, 0.5) is 0 Å². The van der Waals surface area contributed by atoms with Crippen LogP contribution in [0.2, 0.25) is 0 Å². The van der Waals surface area contributed by atoms with Crippen molar-refractivity contribution >= 4 is 12.3 Å². The third kappa shape index (κ3) is 2.75. The second kappa shape index (κ2) is 5.89. The predicted molar refractivity (Wildman–Crippen MR) is 60.9 cm³/mol. The zero-order valence-electron chi connectivity index (χ0n) is 9.98. The van der Waals surface area contributed by atoms with Crippen LogP contribution in [0, 0.1) is 0 Å². The molecule has 5 nitrogen and oxygen atoms in total. The van der Waals surface area contributed by atoms with Gasteiger partial charge in [-0.1, -0.05) is 0 Å². The molecule has 0 unspecified atom stereocenters. The van der Waals surface area contributed by atoms with Crippen molar-refractivity contribution in [2.75, 3.05) is 20.8 Å². The number of carbonyl (C=O) groups is 2. The molecule has 0 radical (unpaired) electrons. The van der Waals surface area contributed by atoms with E-state index in [2.05, 4.69) is 0 Å². The molecule has 0 aliphatic heterocycles. The molecule has 92 valence electrons. The van der Waals surface area contributed by atoms with Gasteiger partial charge in [0.2, 0.25) is 0 Å². The summed E-state index contributed by atoms with van der Waals surface area (Å²) >= 11 is 0. The van der Waals surface area contributed by atoms with Crippen molar-refractivity contribution in [1.29, 1.82) is 0 Å². The molecular weight excluding hydrogens is 224 g/mol. The van der Waals surface area contributed by atoms with E-state index in [0.29, 0.717) is 6.29 Å². The molecule has 0 saturated carbocycles. The standard InChI is InChI=1S/C12H14O5/c1-4-17-12(14)8-5-10(15-2)9(7-13)11(6-8)16-3/h5-7H,4H2,1-3H3. The van der Waals surface area contributed by atoms with Gasteiger partial charge in [-0.15, -0.1) is 0 Å². The van der Waals surface area contributed by atoms with Gasteiger partial charge in [-0.25, -0.2) is 4.79 Å². The number of esters is 1. The van der Waals surface area contributed by atoms with Gasteiger partial charge >= 0.3 is 5.97 Å². The summed E-state index contributed by atoms with van der Waals surface area (Å²) in [6.07, 6.45) is 0.618. The lowest BCUT2D eigenvalue weighted by molar-refractivity contribution is 0.0525. The van der Waals surface area contributed by atoms with Gasteiger partial charge in [-0.2, -0.15) is 0 Å². The lowest BCUT2D eigenvalue weighted by Crippen LogP contribution is -2.06. The molecular formula is C12H14O5. The molecule has 0 spiro atoms. The number of benzene rings is 1. The average molecular weight is 238 g/mol. The number of hydrogen-bond acceptors (Lipinski definition) is 5. The number of hydrogen-bond donors (Lipinski definition) is 0. The van der Waals surface area contributed by atoms with Crippen molar-refractivity contribution in [1.82, 2.24) is 0 Å². The monoisotopic (exact) mass is 238 g/mol. The lowest BCUT2D eigenvalue weighted by atomic mass is 10.1. The molecule has 0 saturated heterocycles. The third-order valence-corrected chi connectivity index (χ3v) is 2.17. The molecule has 0 fully saturated rings. The van der Waals surface area contributed by atoms with E-state index in [1.807, 2.05) is 0 Å². The maximum Gasteiger partial charge on any atom is 0.338 e. The average Bonchev–Trinajstić information content (AvgIpc) is 2.37. The third-order valence-electron chi connectivity index (χ3n) is 2.17. The Bertz CT molecular complexity index is 400. The van der Waals surface area contributed by atoms with E-state index in [1.54, 1.807) is 6.92 Å². The van der Waals surface area contributed by atoms with Gasteiger partial charge in [0.25, 0.3) is 0 Å². The van der Waals surface area contributed by atoms with Gasteiger partial charge in [-0.3, -0.25) is 4.79 Å². The first-order valence-corrected chi connectivity index (χ1v) is 5.06. The second-order valence-corrected chi connectivity index (χ2v) is 3.13. The maximum absolute atomic E-state index is 11.6. The molecule has 0 atom stereocenters. The van der Waals surface area contributed by atoms with E-state index in [4.69, 9.17) is 14.2 Å². The molecule has 17 heavy (non-hydrogen) atoms. The summed E-state index contributed by atoms with van der Waals surface area (Å²) in [4.78, 5) is 22.5. The Morgan fingerprint density at radius 1 is 1.24 bits per heavy atom. The van der Waals surface area contributed by atoms with E-state index < -0.39 is 5.97 Å². The number of aldehydes is 1. The number of methoxy groups -OCH3 is 2. The Morgan fingerprint density at radius 3 is 2.12 bits per heavy atom. The Balaban J connectivity index is 3.26. The molecule has 0 aliphatic rings. The lowest BCUT2D eigenvalue weighted by Gasteiger charge is -2.11. The fraction of sp³-hybridized carbons (Fsp3) is 0.333. The van der Waals surface area contributed by atoms with Crippen molar-refractivity contribution in [3.05, 3.63) is 23.3 Å². The predicted octanol–water partition coefficient (Wildman–Crippen LogP) is 1.69. The molecule has 1 aromatic carbocycles. The highest BCUT2D eigenvalue weighted by Gasteiger charge is 2.16. The maximum atomic E-state index is 11.6. The van der Waals surface area contributed by atoms with Gasteiger partial charge in [0.05, 0.1) is 32.0 Å². The molecule has 0 aromatic heterocycles. The highest BCUT2D eigenvalue weighted by Crippen LogP contribution is 2.29. The summed E-state index contributed by atoms with van der Waals surface area (Å²) in [6.45, 7) is 1.99. The topological polar surface area (TPSA) is 61.8 Å². The van der Waals surface area contributed by atoms with E-state index in [9.17, 15) is 9.59 Å². The van der Waals surface area contributed by atoms with E-state index >= 15 is 0 Å². The van der Waals surface area contributed by atoms with Gasteiger partial charge < -0.3 is 14.2 Å². The van der Waals surface area contributed by atoms with Crippen LogP contribution in [-0.4, -0.2) is 33.1 Å². The van der Waals surface area contributed by atoms with Crippen LogP contribution in [0.5, 0.6) is 11.5 Å². The summed E-state index contributed by atoms with van der Waals surface area (Å²) < 4.78 is 14.9. The summed E-state index contributed by atoms with van der Waals surface area (Å²) in [5, 5.41) is 0. The normalized spacial score (nSPS) is 9.59. The zero-order valence-corrected chi connectivity index (χ0v) is 9.98. The van der Waals surface area contributed by atoms with Gasteiger partial charge in [0, 0.05) is 0 Å². The Hall–Kier alpha value is -2.04. The van der Waals surface area contributed by atoms with Crippen LogP contribution in [0.1, 0.15) is 27.6 Å². The van der Waals surface area contributed by atoms with Crippen LogP contribution in [-0.2, 0) is 4.74 Å². The van der Waals surface area contributed by atoms with Crippen LogP contribution >= 0.6 is 0 Å². The number of rotatable bonds is 5. The summed E-state index contributed by atoms with van der Waals surface area (Å²) in [6, 6.07) is 2.90. The van der Waals surface area contributed by atoms with Crippen molar-refractivity contribution in [2.24, 2.45) is 0 Å². The van der Waals surface area contributed by atoms with Crippen LogP contribution < -0.4 is 9.47 Å². The number of carbonyl (C=O) groups excluding carboxylic acids is 2. The summed E-state index contributed by atoms with van der Waals surface area (Å²) in [5.74, 6) is 0.0753. The van der Waals surface area contributed by atoms with Crippen LogP contribution in [0.15, 0.2) is 12.1 Å². The summed E-state index contributed by atoms with van der Waals surface area (Å²) in [5.41, 5.74) is 0.550. The van der Waals surface area contributed by atoms with E-state index in [0.717, 1.165) is 0 Å². The highest BCUT2D eigenvalue weighted by atomic mass is 16.5.